The Bertz CT molecular complexity index is 1540. The maximum Gasteiger partial charge on any atom is 0.268 e. The number of rotatable bonds is 67. The molecule has 0 aromatic rings. The van der Waals surface area contributed by atoms with Gasteiger partial charge in [0.25, 0.3) is 7.82 Å². The Morgan fingerprint density at radius 3 is 1.07 bits per heavy atom. The summed E-state index contributed by atoms with van der Waals surface area (Å²) in [6, 6.07) is -0.888. The van der Waals surface area contributed by atoms with Crippen molar-refractivity contribution < 1.29 is 32.9 Å². The molecule has 0 fully saturated rings. The van der Waals surface area contributed by atoms with Gasteiger partial charge in [0.05, 0.1) is 39.9 Å². The molecule has 0 aromatic carbocycles. The molecule has 0 saturated heterocycles. The van der Waals surface area contributed by atoms with Crippen LogP contribution in [0.15, 0.2) is 60.8 Å². The van der Waals surface area contributed by atoms with Gasteiger partial charge in [-0.1, -0.05) is 351 Å². The van der Waals surface area contributed by atoms with E-state index in [1.54, 1.807) is 6.08 Å². The van der Waals surface area contributed by atoms with Crippen molar-refractivity contribution in [3.8, 4) is 0 Å². The van der Waals surface area contributed by atoms with Crippen molar-refractivity contribution in [2.24, 2.45) is 0 Å². The van der Waals surface area contributed by atoms with Gasteiger partial charge in [0.2, 0.25) is 5.91 Å². The van der Waals surface area contributed by atoms with Crippen LogP contribution in [0.5, 0.6) is 0 Å². The summed E-state index contributed by atoms with van der Waals surface area (Å²) in [4.78, 5) is 25.7. The monoisotopic (exact) mass is 1190 g/mol. The summed E-state index contributed by atoms with van der Waals surface area (Å²) in [6.45, 7) is 4.59. The Labute approximate surface area is 517 Å². The highest BCUT2D eigenvalue weighted by Crippen LogP contribution is 2.38. The average molecular weight is 1190 g/mol. The highest BCUT2D eigenvalue weighted by molar-refractivity contribution is 7.45. The molecule has 0 radical (unpaired) electrons. The van der Waals surface area contributed by atoms with Crippen LogP contribution in [0, 0.1) is 0 Å². The lowest BCUT2D eigenvalue weighted by atomic mass is 10.0. The minimum atomic E-state index is -4.60. The van der Waals surface area contributed by atoms with E-state index in [0.717, 1.165) is 64.2 Å². The van der Waals surface area contributed by atoms with E-state index in [9.17, 15) is 19.4 Å². The third-order valence-electron chi connectivity index (χ3n) is 16.5. The van der Waals surface area contributed by atoms with Crippen LogP contribution in [-0.2, 0) is 18.4 Å². The molecule has 2 N–H and O–H groups in total. The van der Waals surface area contributed by atoms with Crippen LogP contribution in [0.1, 0.15) is 354 Å². The minimum absolute atomic E-state index is 0.000237. The summed E-state index contributed by atoms with van der Waals surface area (Å²) >= 11 is 0. The second-order valence-electron chi connectivity index (χ2n) is 25.9. The molecular formula is C74H141N2O6P. The smallest absolute Gasteiger partial charge is 0.268 e. The fraction of sp³-hybridized carbons (Fsp3) is 0.851. The van der Waals surface area contributed by atoms with E-state index < -0.39 is 20.0 Å². The number of carbonyl (C=O) groups is 1. The number of quaternary nitrogens is 1. The Morgan fingerprint density at radius 2 is 0.735 bits per heavy atom. The number of phosphoric acid groups is 1. The Hall–Kier alpha value is -1.80. The largest absolute Gasteiger partial charge is 0.756 e. The molecule has 3 unspecified atom stereocenters. The van der Waals surface area contributed by atoms with Gasteiger partial charge < -0.3 is 28.8 Å². The molecule has 0 bridgehead atoms. The standard InChI is InChI=1S/C74H141N2O6P/c1-6-8-10-12-14-16-18-20-22-24-26-28-30-32-34-35-36-37-38-39-40-41-42-44-46-48-50-52-54-56-58-60-62-64-66-68-74(78)75-72(71-82-83(79,80)81-70-69-76(3,4)5)73(77)67-65-63-61-59-57-55-53-51-49-47-45-43-33-31-29-27-25-23-21-19-17-15-13-11-9-7-2/h8,10,14,16,20,22,26,28,65,67,72-73,77H,6-7,9,11-13,15,17-19,21,23-25,27,29-64,66,68-71H2,1-5H3,(H-,75,78,79,80)/b10-8-,16-14-,22-20-,28-26-,67-65+. The van der Waals surface area contributed by atoms with Gasteiger partial charge in [-0.05, 0) is 57.8 Å². The van der Waals surface area contributed by atoms with Crippen molar-refractivity contribution in [2.75, 3.05) is 40.9 Å². The van der Waals surface area contributed by atoms with E-state index in [1.165, 1.54) is 270 Å². The maximum atomic E-state index is 13.0. The zero-order chi connectivity index (χ0) is 60.5. The molecule has 8 nitrogen and oxygen atoms in total. The molecule has 3 atom stereocenters. The number of unbranched alkanes of at least 4 members (excludes halogenated alkanes) is 46. The van der Waals surface area contributed by atoms with Gasteiger partial charge in [0.15, 0.2) is 0 Å². The van der Waals surface area contributed by atoms with E-state index in [1.807, 2.05) is 27.2 Å². The second-order valence-corrected chi connectivity index (χ2v) is 27.3. The number of amides is 1. The normalized spacial score (nSPS) is 14.0. The number of carbonyl (C=O) groups excluding carboxylic acids is 1. The predicted octanol–water partition coefficient (Wildman–Crippen LogP) is 22.5. The SMILES string of the molecule is CC/C=C\C/C=C\C/C=C\C/C=C\CCCCCCCCCCCCCCCCCCCCCCCCC(=O)NC(COP(=O)([O-])OCC[N+](C)(C)C)C(O)/C=C/CCCCCCCCCCCCCCCCCCCCCCCCCC. The predicted molar refractivity (Wildman–Crippen MR) is 362 cm³/mol. The van der Waals surface area contributed by atoms with Crippen LogP contribution in [0.2, 0.25) is 0 Å². The first-order valence-corrected chi connectivity index (χ1v) is 37.6. The van der Waals surface area contributed by atoms with E-state index in [-0.39, 0.29) is 19.1 Å². The van der Waals surface area contributed by atoms with Gasteiger partial charge in [-0.25, -0.2) is 0 Å². The summed E-state index contributed by atoms with van der Waals surface area (Å²) in [5.41, 5.74) is 0. The number of aliphatic hydroxyl groups is 1. The number of allylic oxidation sites excluding steroid dienone is 9. The Balaban J connectivity index is 4.00. The van der Waals surface area contributed by atoms with Crippen molar-refractivity contribution in [1.82, 2.24) is 5.32 Å². The van der Waals surface area contributed by atoms with Crippen molar-refractivity contribution in [3.63, 3.8) is 0 Å². The Morgan fingerprint density at radius 1 is 0.434 bits per heavy atom. The van der Waals surface area contributed by atoms with Crippen molar-refractivity contribution in [1.29, 1.82) is 0 Å². The number of phosphoric ester groups is 1. The lowest BCUT2D eigenvalue weighted by molar-refractivity contribution is -0.870. The average Bonchev–Trinajstić information content (AvgIpc) is 3.49. The first-order valence-electron chi connectivity index (χ1n) is 36.2. The number of aliphatic hydroxyl groups excluding tert-OH is 1. The molecule has 488 valence electrons. The van der Waals surface area contributed by atoms with Crippen LogP contribution < -0.4 is 10.2 Å². The minimum Gasteiger partial charge on any atom is -0.756 e. The fourth-order valence-electron chi connectivity index (χ4n) is 10.9. The zero-order valence-electron chi connectivity index (χ0n) is 55.9. The van der Waals surface area contributed by atoms with Crippen LogP contribution >= 0.6 is 7.82 Å². The molecule has 0 spiro atoms. The Kier molecular flexibility index (Phi) is 63.3. The van der Waals surface area contributed by atoms with Gasteiger partial charge in [-0.3, -0.25) is 9.36 Å². The molecule has 1 amide bonds. The molecule has 0 aliphatic heterocycles. The molecule has 0 saturated carbocycles. The van der Waals surface area contributed by atoms with Crippen LogP contribution in [0.25, 0.3) is 0 Å². The van der Waals surface area contributed by atoms with Crippen LogP contribution in [0.4, 0.5) is 0 Å². The van der Waals surface area contributed by atoms with E-state index in [4.69, 9.17) is 9.05 Å². The van der Waals surface area contributed by atoms with Crippen molar-refractivity contribution in [2.45, 2.75) is 366 Å². The highest BCUT2D eigenvalue weighted by Gasteiger charge is 2.23. The number of hydrogen-bond donors (Lipinski definition) is 2. The zero-order valence-corrected chi connectivity index (χ0v) is 56.8. The molecule has 0 heterocycles. The summed E-state index contributed by atoms with van der Waals surface area (Å²) in [7, 11) is 1.28. The first kappa shape index (κ1) is 81.2. The van der Waals surface area contributed by atoms with Gasteiger partial charge in [-0.2, -0.15) is 0 Å². The number of nitrogens with one attached hydrogen (secondary N) is 1. The van der Waals surface area contributed by atoms with Crippen LogP contribution in [-0.4, -0.2) is 68.5 Å². The molecule has 83 heavy (non-hydrogen) atoms. The number of nitrogens with zero attached hydrogens (tertiary/aromatic N) is 1. The molecule has 0 aliphatic rings. The maximum absolute atomic E-state index is 13.0. The third-order valence-corrected chi connectivity index (χ3v) is 17.4. The summed E-state index contributed by atoms with van der Waals surface area (Å²) in [5, 5.41) is 14.0. The topological polar surface area (TPSA) is 108 Å². The number of likely N-dealkylation sites (N-methyl/N-ethyl adjacent to an activating group) is 1. The highest BCUT2D eigenvalue weighted by atomic mass is 31.2. The van der Waals surface area contributed by atoms with Gasteiger partial charge in [0.1, 0.15) is 13.2 Å². The van der Waals surface area contributed by atoms with Gasteiger partial charge >= 0.3 is 0 Å². The summed E-state index contributed by atoms with van der Waals surface area (Å²) in [6.07, 6.45) is 89.2. The lowest BCUT2D eigenvalue weighted by Gasteiger charge is -2.29. The molecule has 0 aromatic heterocycles. The lowest BCUT2D eigenvalue weighted by Crippen LogP contribution is -2.45. The van der Waals surface area contributed by atoms with Crippen molar-refractivity contribution >= 4 is 13.7 Å². The number of hydrogen-bond acceptors (Lipinski definition) is 6. The molecular weight excluding hydrogens is 1040 g/mol. The quantitative estimate of drug-likeness (QED) is 0.0272. The third kappa shape index (κ3) is 67.6. The van der Waals surface area contributed by atoms with E-state index in [2.05, 4.69) is 67.8 Å². The summed E-state index contributed by atoms with van der Waals surface area (Å²) < 4.78 is 23.5. The molecule has 0 aliphatic carbocycles. The van der Waals surface area contributed by atoms with Gasteiger partial charge in [-0.15, -0.1) is 0 Å². The second kappa shape index (κ2) is 64.7. The fourth-order valence-corrected chi connectivity index (χ4v) is 11.6. The molecule has 0 rings (SSSR count). The first-order chi connectivity index (χ1) is 40.5. The van der Waals surface area contributed by atoms with Crippen molar-refractivity contribution in [3.05, 3.63) is 60.8 Å². The van der Waals surface area contributed by atoms with Crippen LogP contribution in [0.3, 0.4) is 0 Å². The van der Waals surface area contributed by atoms with E-state index >= 15 is 0 Å². The summed E-state index contributed by atoms with van der Waals surface area (Å²) in [5.74, 6) is -0.191. The van der Waals surface area contributed by atoms with E-state index in [0.29, 0.717) is 17.4 Å². The molecule has 9 heteroatoms. The van der Waals surface area contributed by atoms with Gasteiger partial charge in [0, 0.05) is 6.42 Å².